The highest BCUT2D eigenvalue weighted by atomic mass is 14.5. The van der Waals surface area contributed by atoms with Crippen LogP contribution in [0, 0.1) is 24.2 Å². The first-order valence-electron chi connectivity index (χ1n) is 12.8. The molecule has 1 aliphatic rings. The predicted octanol–water partition coefficient (Wildman–Crippen LogP) is 9.15. The Morgan fingerprint density at radius 2 is 1.35 bits per heavy atom. The molecule has 0 bridgehead atoms. The Kier molecular flexibility index (Phi) is 8.43. The van der Waals surface area contributed by atoms with Crippen LogP contribution in [0.15, 0.2) is 42.5 Å². The second kappa shape index (κ2) is 11.0. The van der Waals surface area contributed by atoms with Gasteiger partial charge in [0.15, 0.2) is 0 Å². The van der Waals surface area contributed by atoms with Crippen molar-refractivity contribution in [3.8, 4) is 23.5 Å². The van der Waals surface area contributed by atoms with Crippen LogP contribution in [0.1, 0.15) is 109 Å². The molecule has 0 aliphatic heterocycles. The van der Waals surface area contributed by atoms with E-state index in [9.17, 15) is 0 Å². The van der Waals surface area contributed by atoms with E-state index in [2.05, 4.69) is 76.1 Å². The zero-order chi connectivity index (χ0) is 22.3. The second-order valence-electron chi connectivity index (χ2n) is 9.77. The van der Waals surface area contributed by atoms with E-state index < -0.39 is 0 Å². The zero-order valence-corrected chi connectivity index (χ0v) is 20.3. The maximum absolute atomic E-state index is 5.87. The third-order valence-electron chi connectivity index (χ3n) is 7.80. The van der Waals surface area contributed by atoms with Crippen LogP contribution < -0.4 is 0 Å². The Labute approximate surface area is 191 Å². The van der Waals surface area contributed by atoms with Crippen LogP contribution in [0.4, 0.5) is 0 Å². The molecular formula is C31H42. The average molecular weight is 415 g/mol. The Morgan fingerprint density at radius 1 is 0.774 bits per heavy atom. The first-order valence-corrected chi connectivity index (χ1v) is 12.8. The van der Waals surface area contributed by atoms with E-state index in [-0.39, 0.29) is 5.41 Å². The van der Waals surface area contributed by atoms with E-state index in [1.165, 1.54) is 80.9 Å². The highest BCUT2D eigenvalue weighted by Gasteiger charge is 2.45. The predicted molar refractivity (Wildman–Crippen MR) is 136 cm³/mol. The first kappa shape index (κ1) is 23.7. The van der Waals surface area contributed by atoms with Gasteiger partial charge in [-0.1, -0.05) is 115 Å². The van der Waals surface area contributed by atoms with Crippen LogP contribution >= 0.6 is 0 Å². The molecule has 0 amide bonds. The van der Waals surface area contributed by atoms with Crippen molar-refractivity contribution in [2.75, 3.05) is 0 Å². The van der Waals surface area contributed by atoms with Gasteiger partial charge in [-0.15, -0.1) is 6.42 Å². The lowest BCUT2D eigenvalue weighted by Crippen LogP contribution is -2.31. The molecule has 0 nitrogen and oxygen atoms in total. The molecule has 31 heavy (non-hydrogen) atoms. The lowest BCUT2D eigenvalue weighted by atomic mass is 9.65. The Hall–Kier alpha value is -2.00. The van der Waals surface area contributed by atoms with Crippen molar-refractivity contribution in [1.29, 1.82) is 0 Å². The van der Waals surface area contributed by atoms with Gasteiger partial charge in [-0.2, -0.15) is 0 Å². The van der Waals surface area contributed by atoms with E-state index in [1.807, 2.05) is 0 Å². The summed E-state index contributed by atoms with van der Waals surface area (Å²) < 4.78 is 0. The molecule has 0 fully saturated rings. The van der Waals surface area contributed by atoms with Crippen molar-refractivity contribution in [1.82, 2.24) is 0 Å². The molecule has 0 spiro atoms. The third kappa shape index (κ3) is 4.92. The number of fused-ring (bicyclic) bond motifs is 3. The lowest BCUT2D eigenvalue weighted by molar-refractivity contribution is 0.266. The third-order valence-corrected chi connectivity index (χ3v) is 7.80. The second-order valence-corrected chi connectivity index (χ2v) is 9.77. The normalized spacial score (nSPS) is 18.8. The van der Waals surface area contributed by atoms with Crippen molar-refractivity contribution in [3.05, 3.63) is 59.2 Å². The molecule has 0 saturated heterocycles. The monoisotopic (exact) mass is 414 g/mol. The number of rotatable bonds is 12. The summed E-state index contributed by atoms with van der Waals surface area (Å²) in [5.41, 5.74) is 7.06. The van der Waals surface area contributed by atoms with Crippen molar-refractivity contribution in [2.24, 2.45) is 11.8 Å². The smallest absolute Gasteiger partial charge is 0.0246 e. The summed E-state index contributed by atoms with van der Waals surface area (Å²) in [6.07, 6.45) is 18.8. The van der Waals surface area contributed by atoms with Crippen LogP contribution in [-0.2, 0) is 5.41 Å². The SMILES string of the molecule is C#Cc1ccc2c(c1)C(CC(CC)CCCC)(CC(CC)CCCC)c1ccccc1-2. The molecule has 0 saturated carbocycles. The summed E-state index contributed by atoms with van der Waals surface area (Å²) in [4.78, 5) is 0. The van der Waals surface area contributed by atoms with Gasteiger partial charge >= 0.3 is 0 Å². The summed E-state index contributed by atoms with van der Waals surface area (Å²) in [5.74, 6) is 4.45. The van der Waals surface area contributed by atoms with Gasteiger partial charge in [0.1, 0.15) is 0 Å². The summed E-state index contributed by atoms with van der Waals surface area (Å²) >= 11 is 0. The van der Waals surface area contributed by atoms with Gasteiger partial charge < -0.3 is 0 Å². The molecule has 0 radical (unpaired) electrons. The van der Waals surface area contributed by atoms with Crippen molar-refractivity contribution >= 4 is 0 Å². The molecule has 0 aromatic heterocycles. The standard InChI is InChI=1S/C31H42/c1-6-11-15-25(9-4)22-31(23-26(10-5)16-12-7-2)29-18-14-13-17-27(29)28-20-19-24(8-3)21-30(28)31/h3,13-14,17-21,25-26H,6-7,9-12,15-16,22-23H2,1-2,4-5H3. The molecule has 0 heteroatoms. The molecule has 2 aromatic carbocycles. The van der Waals surface area contributed by atoms with Crippen LogP contribution in [0.2, 0.25) is 0 Å². The molecule has 0 N–H and O–H groups in total. The quantitative estimate of drug-likeness (QED) is 0.304. The molecule has 1 aliphatic carbocycles. The zero-order valence-electron chi connectivity index (χ0n) is 20.3. The number of hydrogen-bond donors (Lipinski definition) is 0. The fourth-order valence-corrected chi connectivity index (χ4v) is 5.94. The van der Waals surface area contributed by atoms with E-state index in [0.29, 0.717) is 0 Å². The minimum Gasteiger partial charge on any atom is -0.115 e. The molecule has 2 aromatic rings. The fourth-order valence-electron chi connectivity index (χ4n) is 5.94. The summed E-state index contributed by atoms with van der Waals surface area (Å²) in [6, 6.07) is 16.0. The van der Waals surface area contributed by atoms with Gasteiger partial charge in [0.25, 0.3) is 0 Å². The number of terminal acetylenes is 1. The fraction of sp³-hybridized carbons (Fsp3) is 0.548. The van der Waals surface area contributed by atoms with Gasteiger partial charge in [-0.25, -0.2) is 0 Å². The van der Waals surface area contributed by atoms with Crippen molar-refractivity contribution < 1.29 is 0 Å². The van der Waals surface area contributed by atoms with E-state index in [4.69, 9.17) is 6.42 Å². The summed E-state index contributed by atoms with van der Waals surface area (Å²) in [5, 5.41) is 0. The van der Waals surface area contributed by atoms with Gasteiger partial charge in [-0.05, 0) is 59.1 Å². The van der Waals surface area contributed by atoms with Crippen molar-refractivity contribution in [3.63, 3.8) is 0 Å². The molecular weight excluding hydrogens is 372 g/mol. The molecule has 0 heterocycles. The number of hydrogen-bond acceptors (Lipinski definition) is 0. The number of benzene rings is 2. The average Bonchev–Trinajstić information content (AvgIpc) is 3.08. The van der Waals surface area contributed by atoms with Gasteiger partial charge in [0.2, 0.25) is 0 Å². The Bertz CT molecular complexity index is 863. The summed E-state index contributed by atoms with van der Waals surface area (Å²) in [6.45, 7) is 9.42. The maximum Gasteiger partial charge on any atom is 0.0246 e. The van der Waals surface area contributed by atoms with Crippen LogP contribution in [-0.4, -0.2) is 0 Å². The largest absolute Gasteiger partial charge is 0.115 e. The Balaban J connectivity index is 2.15. The minimum absolute atomic E-state index is 0.0988. The van der Waals surface area contributed by atoms with Gasteiger partial charge in [0, 0.05) is 11.0 Å². The van der Waals surface area contributed by atoms with Gasteiger partial charge in [-0.3, -0.25) is 0 Å². The first-order chi connectivity index (χ1) is 15.1. The summed E-state index contributed by atoms with van der Waals surface area (Å²) in [7, 11) is 0. The molecule has 166 valence electrons. The minimum atomic E-state index is 0.0988. The Morgan fingerprint density at radius 3 is 1.90 bits per heavy atom. The van der Waals surface area contributed by atoms with Crippen LogP contribution in [0.3, 0.4) is 0 Å². The topological polar surface area (TPSA) is 0 Å². The highest BCUT2D eigenvalue weighted by molar-refractivity contribution is 5.81. The molecule has 3 rings (SSSR count). The number of unbranched alkanes of at least 4 members (excludes halogenated alkanes) is 2. The molecule has 2 unspecified atom stereocenters. The highest BCUT2D eigenvalue weighted by Crippen LogP contribution is 2.56. The van der Waals surface area contributed by atoms with Gasteiger partial charge in [0.05, 0.1) is 0 Å². The van der Waals surface area contributed by atoms with E-state index in [1.54, 1.807) is 5.56 Å². The molecule has 2 atom stereocenters. The lowest BCUT2D eigenvalue weighted by Gasteiger charge is -2.38. The maximum atomic E-state index is 5.87. The van der Waals surface area contributed by atoms with E-state index in [0.717, 1.165) is 17.4 Å². The van der Waals surface area contributed by atoms with Crippen molar-refractivity contribution in [2.45, 2.75) is 97.3 Å². The van der Waals surface area contributed by atoms with Crippen LogP contribution in [0.25, 0.3) is 11.1 Å². The van der Waals surface area contributed by atoms with E-state index >= 15 is 0 Å². The van der Waals surface area contributed by atoms with Crippen LogP contribution in [0.5, 0.6) is 0 Å².